The van der Waals surface area contributed by atoms with Crippen LogP contribution < -0.4 is 15.0 Å². The summed E-state index contributed by atoms with van der Waals surface area (Å²) in [6.07, 6.45) is 3.10. The van der Waals surface area contributed by atoms with Crippen LogP contribution in [-0.4, -0.2) is 23.0 Å². The maximum absolute atomic E-state index is 12.4. The Morgan fingerprint density at radius 1 is 1.29 bits per heavy atom. The highest BCUT2D eigenvalue weighted by Gasteiger charge is 2.26. The summed E-state index contributed by atoms with van der Waals surface area (Å²) in [7, 11) is 0. The van der Waals surface area contributed by atoms with Crippen LogP contribution in [0.15, 0.2) is 42.6 Å². The number of amides is 2. The SMILES string of the molecule is CC(=O)N(C(=O)Oc1ccccc1)c1cc(NC2CC2)c(I)cn1. The summed E-state index contributed by atoms with van der Waals surface area (Å²) in [5.74, 6) is 0.157. The average molecular weight is 437 g/mol. The number of para-hydroxylation sites is 1. The molecule has 1 aromatic carbocycles. The van der Waals surface area contributed by atoms with Crippen molar-refractivity contribution >= 4 is 46.1 Å². The number of ether oxygens (including phenoxy) is 1. The molecule has 2 aromatic rings. The number of pyridine rings is 1. The van der Waals surface area contributed by atoms with Gasteiger partial charge in [0.2, 0.25) is 5.91 Å². The van der Waals surface area contributed by atoms with Crippen molar-refractivity contribution in [3.05, 3.63) is 46.2 Å². The summed E-state index contributed by atoms with van der Waals surface area (Å²) in [5, 5.41) is 3.37. The Labute approximate surface area is 153 Å². The molecule has 0 radical (unpaired) electrons. The number of benzene rings is 1. The number of halogens is 1. The molecular formula is C17H16IN3O3. The zero-order chi connectivity index (χ0) is 17.1. The average Bonchev–Trinajstić information content (AvgIpc) is 3.35. The van der Waals surface area contributed by atoms with Gasteiger partial charge in [0.1, 0.15) is 11.6 Å². The highest BCUT2D eigenvalue weighted by molar-refractivity contribution is 14.1. The molecule has 1 fully saturated rings. The highest BCUT2D eigenvalue weighted by atomic mass is 127. The van der Waals surface area contributed by atoms with Crippen LogP contribution in [0.5, 0.6) is 5.75 Å². The zero-order valence-corrected chi connectivity index (χ0v) is 15.2. The Balaban J connectivity index is 1.84. The summed E-state index contributed by atoms with van der Waals surface area (Å²) in [4.78, 5) is 29.5. The third-order valence-electron chi connectivity index (χ3n) is 3.45. The number of hydrogen-bond donors (Lipinski definition) is 1. The summed E-state index contributed by atoms with van der Waals surface area (Å²) >= 11 is 2.17. The van der Waals surface area contributed by atoms with Crippen LogP contribution >= 0.6 is 22.6 Å². The Morgan fingerprint density at radius 3 is 2.62 bits per heavy atom. The first kappa shape index (κ1) is 16.7. The second-order valence-electron chi connectivity index (χ2n) is 5.48. The Bertz CT molecular complexity index is 763. The number of hydrogen-bond acceptors (Lipinski definition) is 5. The molecule has 0 saturated heterocycles. The molecule has 3 rings (SSSR count). The van der Waals surface area contributed by atoms with E-state index in [0.29, 0.717) is 11.8 Å². The van der Waals surface area contributed by atoms with E-state index in [0.717, 1.165) is 27.0 Å². The van der Waals surface area contributed by atoms with Gasteiger partial charge in [0, 0.05) is 25.2 Å². The normalized spacial score (nSPS) is 13.2. The molecule has 1 N–H and O–H groups in total. The first-order chi connectivity index (χ1) is 11.5. The quantitative estimate of drug-likeness (QED) is 0.737. The Kier molecular flexibility index (Phi) is 4.98. The third-order valence-corrected chi connectivity index (χ3v) is 4.31. The zero-order valence-electron chi connectivity index (χ0n) is 13.0. The number of aromatic nitrogens is 1. The van der Waals surface area contributed by atoms with E-state index in [1.165, 1.54) is 6.92 Å². The number of carbonyl (C=O) groups excluding carboxylic acids is 2. The molecule has 1 heterocycles. The summed E-state index contributed by atoms with van der Waals surface area (Å²) < 4.78 is 6.19. The predicted octanol–water partition coefficient (Wildman–Crippen LogP) is 3.81. The molecule has 0 spiro atoms. The lowest BCUT2D eigenvalue weighted by atomic mass is 10.3. The van der Waals surface area contributed by atoms with Crippen LogP contribution in [0.1, 0.15) is 19.8 Å². The molecule has 124 valence electrons. The number of rotatable bonds is 4. The Morgan fingerprint density at radius 2 is 2.00 bits per heavy atom. The van der Waals surface area contributed by atoms with Crippen LogP contribution in [0.3, 0.4) is 0 Å². The van der Waals surface area contributed by atoms with E-state index in [1.807, 2.05) is 6.07 Å². The van der Waals surface area contributed by atoms with Gasteiger partial charge in [-0.15, -0.1) is 0 Å². The standard InChI is InChI=1S/C17H16IN3O3/c1-11(22)21(17(23)24-13-5-3-2-4-6-13)16-9-15(14(18)10-19-16)20-12-7-8-12/h2-6,9-10,12H,7-8H2,1H3,(H,19,20). The molecule has 6 nitrogen and oxygen atoms in total. The third kappa shape index (κ3) is 4.02. The van der Waals surface area contributed by atoms with E-state index in [-0.39, 0.29) is 5.82 Å². The first-order valence-electron chi connectivity index (χ1n) is 7.54. The van der Waals surface area contributed by atoms with E-state index in [9.17, 15) is 9.59 Å². The first-order valence-corrected chi connectivity index (χ1v) is 8.62. The number of nitrogens with zero attached hydrogens (tertiary/aromatic N) is 2. The van der Waals surface area contributed by atoms with E-state index < -0.39 is 12.0 Å². The maximum Gasteiger partial charge on any atom is 0.427 e. The van der Waals surface area contributed by atoms with Gasteiger partial charge in [0.25, 0.3) is 0 Å². The fraction of sp³-hybridized carbons (Fsp3) is 0.235. The van der Waals surface area contributed by atoms with Gasteiger partial charge in [-0.05, 0) is 47.6 Å². The van der Waals surface area contributed by atoms with Crippen molar-refractivity contribution < 1.29 is 14.3 Å². The summed E-state index contributed by atoms with van der Waals surface area (Å²) in [5.41, 5.74) is 0.863. The fourth-order valence-electron chi connectivity index (χ4n) is 2.13. The van der Waals surface area contributed by atoms with Gasteiger partial charge < -0.3 is 10.1 Å². The minimum absolute atomic E-state index is 0.243. The molecule has 1 aliphatic rings. The topological polar surface area (TPSA) is 71.5 Å². The minimum atomic E-state index is -0.778. The van der Waals surface area contributed by atoms with Crippen LogP contribution in [0.25, 0.3) is 0 Å². The van der Waals surface area contributed by atoms with Gasteiger partial charge in [0.05, 0.1) is 9.26 Å². The van der Waals surface area contributed by atoms with Crippen LogP contribution in [0.2, 0.25) is 0 Å². The molecule has 7 heteroatoms. The molecule has 0 atom stereocenters. The monoisotopic (exact) mass is 437 g/mol. The summed E-state index contributed by atoms with van der Waals surface area (Å²) in [6.45, 7) is 1.31. The molecule has 0 unspecified atom stereocenters. The largest absolute Gasteiger partial charge is 0.427 e. The number of anilines is 2. The number of imide groups is 1. The van der Waals surface area contributed by atoms with Gasteiger partial charge in [-0.1, -0.05) is 18.2 Å². The highest BCUT2D eigenvalue weighted by Crippen LogP contribution is 2.29. The molecule has 24 heavy (non-hydrogen) atoms. The van der Waals surface area contributed by atoms with Gasteiger partial charge in [0.15, 0.2) is 0 Å². The lowest BCUT2D eigenvalue weighted by molar-refractivity contribution is -0.116. The van der Waals surface area contributed by atoms with Crippen molar-refractivity contribution in [3.8, 4) is 5.75 Å². The maximum atomic E-state index is 12.4. The van der Waals surface area contributed by atoms with Gasteiger partial charge >= 0.3 is 6.09 Å². The minimum Gasteiger partial charge on any atom is -0.410 e. The second kappa shape index (κ2) is 7.16. The van der Waals surface area contributed by atoms with Crippen molar-refractivity contribution in [3.63, 3.8) is 0 Å². The lowest BCUT2D eigenvalue weighted by Gasteiger charge is -2.19. The van der Waals surface area contributed by atoms with Crippen molar-refractivity contribution in [2.45, 2.75) is 25.8 Å². The molecule has 0 aliphatic heterocycles. The Hall–Kier alpha value is -2.16. The smallest absolute Gasteiger partial charge is 0.410 e. The van der Waals surface area contributed by atoms with Gasteiger partial charge in [-0.3, -0.25) is 4.79 Å². The molecule has 1 saturated carbocycles. The second-order valence-corrected chi connectivity index (χ2v) is 6.64. The van der Waals surface area contributed by atoms with Crippen molar-refractivity contribution in [1.82, 2.24) is 4.98 Å². The van der Waals surface area contributed by atoms with E-state index >= 15 is 0 Å². The van der Waals surface area contributed by atoms with Gasteiger partial charge in [-0.2, -0.15) is 4.90 Å². The lowest BCUT2D eigenvalue weighted by Crippen LogP contribution is -2.38. The molecule has 1 aromatic heterocycles. The van der Waals surface area contributed by atoms with Crippen molar-refractivity contribution in [2.75, 3.05) is 10.2 Å². The van der Waals surface area contributed by atoms with Crippen molar-refractivity contribution in [2.24, 2.45) is 0 Å². The van der Waals surface area contributed by atoms with E-state index in [4.69, 9.17) is 4.74 Å². The molecule has 0 bridgehead atoms. The van der Waals surface area contributed by atoms with Crippen LogP contribution in [-0.2, 0) is 4.79 Å². The molecule has 1 aliphatic carbocycles. The molecule has 2 amide bonds. The number of carbonyl (C=O) groups is 2. The van der Waals surface area contributed by atoms with Gasteiger partial charge in [-0.25, -0.2) is 9.78 Å². The van der Waals surface area contributed by atoms with Crippen LogP contribution in [0.4, 0.5) is 16.3 Å². The van der Waals surface area contributed by atoms with E-state index in [2.05, 4.69) is 32.9 Å². The molecular weight excluding hydrogens is 421 g/mol. The van der Waals surface area contributed by atoms with Crippen LogP contribution in [0, 0.1) is 3.57 Å². The number of nitrogens with one attached hydrogen (secondary N) is 1. The summed E-state index contributed by atoms with van der Waals surface area (Å²) in [6, 6.07) is 10.8. The predicted molar refractivity (Wildman–Crippen MR) is 99.2 cm³/mol. The van der Waals surface area contributed by atoms with E-state index in [1.54, 1.807) is 36.5 Å². The fourth-order valence-corrected chi connectivity index (χ4v) is 2.58. The van der Waals surface area contributed by atoms with Crippen molar-refractivity contribution in [1.29, 1.82) is 0 Å².